The molecule has 6 nitrogen and oxygen atoms in total. The van der Waals surface area contributed by atoms with Gasteiger partial charge in [0.15, 0.2) is 11.5 Å². The third-order valence-corrected chi connectivity index (χ3v) is 4.46. The number of ether oxygens (including phenoxy) is 2. The average Bonchev–Trinajstić information content (AvgIpc) is 2.76. The van der Waals surface area contributed by atoms with Crippen LogP contribution >= 0.6 is 11.6 Å². The molecular formula is C24H21ClN2O4. The number of halogens is 1. The number of amides is 1. The number of hydrogen-bond donors (Lipinski definition) is 1. The van der Waals surface area contributed by atoms with Crippen molar-refractivity contribution in [3.63, 3.8) is 0 Å². The van der Waals surface area contributed by atoms with Gasteiger partial charge in [-0.05, 0) is 74.0 Å². The SMILES string of the molecule is CCOc1cc(C=NNC(=O)c2cccc(C)c2)ccc1OC(=O)c1ccc(Cl)cc1. The molecule has 0 aliphatic heterocycles. The first kappa shape index (κ1) is 22.1. The molecule has 3 aromatic rings. The summed E-state index contributed by atoms with van der Waals surface area (Å²) in [4.78, 5) is 24.6. The first-order valence-corrected chi connectivity index (χ1v) is 9.98. The normalized spacial score (nSPS) is 10.7. The highest BCUT2D eigenvalue weighted by Gasteiger charge is 2.13. The molecule has 7 heteroatoms. The summed E-state index contributed by atoms with van der Waals surface area (Å²) in [6.45, 7) is 4.13. The van der Waals surface area contributed by atoms with E-state index in [4.69, 9.17) is 21.1 Å². The van der Waals surface area contributed by atoms with Crippen molar-refractivity contribution in [1.29, 1.82) is 0 Å². The van der Waals surface area contributed by atoms with Gasteiger partial charge in [0.25, 0.3) is 5.91 Å². The van der Waals surface area contributed by atoms with Gasteiger partial charge >= 0.3 is 5.97 Å². The molecule has 0 radical (unpaired) electrons. The lowest BCUT2D eigenvalue weighted by molar-refractivity contribution is 0.0728. The molecule has 0 aromatic heterocycles. The predicted octanol–water partition coefficient (Wildman–Crippen LogP) is 5.03. The number of benzene rings is 3. The van der Waals surface area contributed by atoms with Crippen molar-refractivity contribution in [3.8, 4) is 11.5 Å². The van der Waals surface area contributed by atoms with E-state index in [-0.39, 0.29) is 11.7 Å². The number of nitrogens with one attached hydrogen (secondary N) is 1. The number of hydrazone groups is 1. The number of nitrogens with zero attached hydrogens (tertiary/aromatic N) is 1. The highest BCUT2D eigenvalue weighted by molar-refractivity contribution is 6.30. The van der Waals surface area contributed by atoms with E-state index in [9.17, 15) is 9.59 Å². The zero-order valence-electron chi connectivity index (χ0n) is 17.1. The van der Waals surface area contributed by atoms with Gasteiger partial charge in [-0.2, -0.15) is 5.10 Å². The van der Waals surface area contributed by atoms with Gasteiger partial charge in [-0.1, -0.05) is 29.3 Å². The van der Waals surface area contributed by atoms with E-state index in [1.54, 1.807) is 54.6 Å². The molecule has 0 unspecified atom stereocenters. The van der Waals surface area contributed by atoms with Crippen LogP contribution in [0.15, 0.2) is 71.8 Å². The van der Waals surface area contributed by atoms with Gasteiger partial charge in [0.05, 0.1) is 18.4 Å². The Morgan fingerprint density at radius 1 is 1.00 bits per heavy atom. The van der Waals surface area contributed by atoms with Crippen LogP contribution in [0.25, 0.3) is 0 Å². The fourth-order valence-electron chi connectivity index (χ4n) is 2.72. The van der Waals surface area contributed by atoms with Crippen LogP contribution in [0.1, 0.15) is 38.8 Å². The molecule has 0 fully saturated rings. The minimum atomic E-state index is -0.524. The Hall–Kier alpha value is -3.64. The van der Waals surface area contributed by atoms with Gasteiger partial charge in [-0.15, -0.1) is 0 Å². The summed E-state index contributed by atoms with van der Waals surface area (Å²) >= 11 is 5.85. The molecule has 0 aliphatic rings. The highest BCUT2D eigenvalue weighted by atomic mass is 35.5. The van der Waals surface area contributed by atoms with Gasteiger partial charge in [-0.3, -0.25) is 4.79 Å². The van der Waals surface area contributed by atoms with Crippen molar-refractivity contribution in [3.05, 3.63) is 94.0 Å². The van der Waals surface area contributed by atoms with Gasteiger partial charge in [0, 0.05) is 10.6 Å². The van der Waals surface area contributed by atoms with Crippen molar-refractivity contribution in [1.82, 2.24) is 5.43 Å². The maximum atomic E-state index is 12.4. The summed E-state index contributed by atoms with van der Waals surface area (Å²) in [5.74, 6) is -0.163. The quantitative estimate of drug-likeness (QED) is 0.244. The summed E-state index contributed by atoms with van der Waals surface area (Å²) in [5.41, 5.74) is 5.04. The van der Waals surface area contributed by atoms with Crippen LogP contribution in [0, 0.1) is 6.92 Å². The Morgan fingerprint density at radius 3 is 2.48 bits per heavy atom. The number of esters is 1. The highest BCUT2D eigenvalue weighted by Crippen LogP contribution is 2.29. The monoisotopic (exact) mass is 436 g/mol. The summed E-state index contributed by atoms with van der Waals surface area (Å²) in [6, 6.07) is 18.6. The summed E-state index contributed by atoms with van der Waals surface area (Å²) in [7, 11) is 0. The van der Waals surface area contributed by atoms with Gasteiger partial charge in [0.1, 0.15) is 0 Å². The first-order chi connectivity index (χ1) is 15.0. The molecule has 3 aromatic carbocycles. The molecule has 0 saturated carbocycles. The summed E-state index contributed by atoms with van der Waals surface area (Å²) in [5, 5.41) is 4.53. The average molecular weight is 437 g/mol. The molecule has 0 saturated heterocycles. The molecule has 0 aliphatic carbocycles. The Bertz CT molecular complexity index is 1110. The van der Waals surface area contributed by atoms with Crippen LogP contribution in [-0.4, -0.2) is 24.7 Å². The molecular weight excluding hydrogens is 416 g/mol. The van der Waals surface area contributed by atoms with Crippen molar-refractivity contribution in [2.75, 3.05) is 6.61 Å². The van der Waals surface area contributed by atoms with E-state index in [1.807, 2.05) is 26.0 Å². The van der Waals surface area contributed by atoms with Crippen LogP contribution < -0.4 is 14.9 Å². The topological polar surface area (TPSA) is 77.0 Å². The molecule has 0 heterocycles. The Morgan fingerprint density at radius 2 is 1.77 bits per heavy atom. The lowest BCUT2D eigenvalue weighted by Gasteiger charge is -2.11. The maximum Gasteiger partial charge on any atom is 0.343 e. The van der Waals surface area contributed by atoms with E-state index < -0.39 is 5.97 Å². The Kier molecular flexibility index (Phi) is 7.40. The second kappa shape index (κ2) is 10.4. The fraction of sp³-hybridized carbons (Fsp3) is 0.125. The second-order valence-corrected chi connectivity index (χ2v) is 7.04. The first-order valence-electron chi connectivity index (χ1n) is 9.61. The standard InChI is InChI=1S/C24H21ClN2O4/c1-3-30-22-14-17(15-26-27-23(28)19-6-4-5-16(2)13-19)7-12-21(22)31-24(29)18-8-10-20(25)11-9-18/h4-15H,3H2,1-2H3,(H,27,28). The number of hydrogen-bond acceptors (Lipinski definition) is 5. The van der Waals surface area contributed by atoms with Gasteiger partial charge < -0.3 is 9.47 Å². The molecule has 0 atom stereocenters. The van der Waals surface area contributed by atoms with Crippen molar-refractivity contribution in [2.24, 2.45) is 5.10 Å². The van der Waals surface area contributed by atoms with Crippen LogP contribution in [0.4, 0.5) is 0 Å². The van der Waals surface area contributed by atoms with Crippen molar-refractivity contribution >= 4 is 29.7 Å². The van der Waals surface area contributed by atoms with Crippen molar-refractivity contribution in [2.45, 2.75) is 13.8 Å². The maximum absolute atomic E-state index is 12.4. The van der Waals surface area contributed by atoms with E-state index in [1.165, 1.54) is 6.21 Å². The molecule has 3 rings (SSSR count). The number of carbonyl (C=O) groups excluding carboxylic acids is 2. The third kappa shape index (κ3) is 6.17. The van der Waals surface area contributed by atoms with E-state index in [2.05, 4.69) is 10.5 Å². The summed E-state index contributed by atoms with van der Waals surface area (Å²) < 4.78 is 11.1. The molecule has 1 N–H and O–H groups in total. The zero-order valence-corrected chi connectivity index (χ0v) is 17.8. The van der Waals surface area contributed by atoms with Crippen LogP contribution in [0.3, 0.4) is 0 Å². The largest absolute Gasteiger partial charge is 0.490 e. The lowest BCUT2D eigenvalue weighted by Crippen LogP contribution is -2.17. The second-order valence-electron chi connectivity index (χ2n) is 6.60. The fourth-order valence-corrected chi connectivity index (χ4v) is 2.84. The molecule has 0 spiro atoms. The van der Waals surface area contributed by atoms with Crippen LogP contribution in [-0.2, 0) is 0 Å². The molecule has 0 bridgehead atoms. The number of rotatable bonds is 7. The van der Waals surface area contributed by atoms with Gasteiger partial charge in [0.2, 0.25) is 0 Å². The Labute approximate surface area is 185 Å². The molecule has 1 amide bonds. The third-order valence-electron chi connectivity index (χ3n) is 4.21. The van der Waals surface area contributed by atoms with E-state index in [0.717, 1.165) is 5.56 Å². The predicted molar refractivity (Wildman–Crippen MR) is 120 cm³/mol. The van der Waals surface area contributed by atoms with Gasteiger partial charge in [-0.25, -0.2) is 10.2 Å². The minimum absolute atomic E-state index is 0.280. The minimum Gasteiger partial charge on any atom is -0.490 e. The molecule has 31 heavy (non-hydrogen) atoms. The van der Waals surface area contributed by atoms with E-state index in [0.29, 0.717) is 34.1 Å². The van der Waals surface area contributed by atoms with Crippen molar-refractivity contribution < 1.29 is 19.1 Å². The van der Waals surface area contributed by atoms with Crippen LogP contribution in [0.5, 0.6) is 11.5 Å². The Balaban J connectivity index is 1.70. The van der Waals surface area contributed by atoms with E-state index >= 15 is 0 Å². The molecule has 158 valence electrons. The zero-order chi connectivity index (χ0) is 22.2. The lowest BCUT2D eigenvalue weighted by atomic mass is 10.1. The number of carbonyl (C=O) groups is 2. The summed E-state index contributed by atoms with van der Waals surface area (Å²) in [6.07, 6.45) is 1.49. The number of aryl methyl sites for hydroxylation is 1. The van der Waals surface area contributed by atoms with Crippen LogP contribution in [0.2, 0.25) is 5.02 Å². The smallest absolute Gasteiger partial charge is 0.343 e.